The van der Waals surface area contributed by atoms with E-state index >= 15 is 0 Å². The number of nitrogens with zero attached hydrogens (tertiary/aromatic N) is 2. The summed E-state index contributed by atoms with van der Waals surface area (Å²) in [6, 6.07) is 7.93. The molecule has 3 nitrogen and oxygen atoms in total. The lowest BCUT2D eigenvalue weighted by Crippen LogP contribution is -2.41. The normalized spacial score (nSPS) is 24.3. The van der Waals surface area contributed by atoms with Gasteiger partial charge in [0.1, 0.15) is 5.82 Å². The van der Waals surface area contributed by atoms with Gasteiger partial charge in [0.25, 0.3) is 0 Å². The van der Waals surface area contributed by atoms with Gasteiger partial charge in [0.2, 0.25) is 0 Å². The Morgan fingerprint density at radius 3 is 2.67 bits per heavy atom. The number of pyridine rings is 2. The van der Waals surface area contributed by atoms with E-state index in [4.69, 9.17) is 4.98 Å². The van der Waals surface area contributed by atoms with Crippen molar-refractivity contribution in [3.8, 4) is 0 Å². The van der Waals surface area contributed by atoms with Crippen molar-refractivity contribution in [3.63, 3.8) is 0 Å². The second-order valence-corrected chi connectivity index (χ2v) is 8.67. The summed E-state index contributed by atoms with van der Waals surface area (Å²) in [4.78, 5) is 8.73. The highest BCUT2D eigenvalue weighted by Crippen LogP contribution is 2.56. The van der Waals surface area contributed by atoms with Crippen molar-refractivity contribution in [1.29, 1.82) is 0 Å². The van der Waals surface area contributed by atoms with Crippen LogP contribution in [0.1, 0.15) is 69.0 Å². The highest BCUT2D eigenvalue weighted by Gasteiger charge is 2.47. The zero-order chi connectivity index (χ0) is 18.6. The quantitative estimate of drug-likeness (QED) is 0.716. The maximum atomic E-state index is 13.3. The second kappa shape index (κ2) is 8.05. The van der Waals surface area contributed by atoms with E-state index in [-0.39, 0.29) is 11.2 Å². The molecule has 144 valence electrons. The maximum absolute atomic E-state index is 13.3. The topological polar surface area (TPSA) is 37.8 Å². The Morgan fingerprint density at radius 1 is 1.04 bits per heavy atom. The van der Waals surface area contributed by atoms with Crippen LogP contribution in [0, 0.1) is 11.2 Å². The predicted octanol–water partition coefficient (Wildman–Crippen LogP) is 5.17. The minimum atomic E-state index is -0.269. The SMILES string of the molecule is Fc1cncc(CNCC[C@@]2(c3ccccn3)CCCC3(CCCC3)C2)c1. The average molecular weight is 368 g/mol. The average Bonchev–Trinajstić information content (AvgIpc) is 3.13. The first-order valence-electron chi connectivity index (χ1n) is 10.4. The summed E-state index contributed by atoms with van der Waals surface area (Å²) in [6.07, 6.45) is 16.8. The first kappa shape index (κ1) is 18.5. The van der Waals surface area contributed by atoms with Gasteiger partial charge in [-0.05, 0) is 74.2 Å². The molecule has 1 spiro atoms. The Labute approximate surface area is 161 Å². The number of nitrogens with one attached hydrogen (secondary N) is 1. The van der Waals surface area contributed by atoms with Crippen LogP contribution in [0.3, 0.4) is 0 Å². The monoisotopic (exact) mass is 367 g/mol. The minimum absolute atomic E-state index is 0.178. The van der Waals surface area contributed by atoms with Gasteiger partial charge in [-0.25, -0.2) is 4.39 Å². The number of hydrogen-bond acceptors (Lipinski definition) is 3. The molecule has 0 aromatic carbocycles. The van der Waals surface area contributed by atoms with Crippen LogP contribution in [0.25, 0.3) is 0 Å². The fourth-order valence-corrected chi connectivity index (χ4v) is 5.60. The smallest absolute Gasteiger partial charge is 0.141 e. The van der Waals surface area contributed by atoms with Crippen molar-refractivity contribution in [2.75, 3.05) is 6.54 Å². The lowest BCUT2D eigenvalue weighted by atomic mass is 9.58. The predicted molar refractivity (Wildman–Crippen MR) is 106 cm³/mol. The molecule has 0 radical (unpaired) electrons. The van der Waals surface area contributed by atoms with E-state index in [1.165, 1.54) is 63.3 Å². The summed E-state index contributed by atoms with van der Waals surface area (Å²) in [5, 5.41) is 3.52. The van der Waals surface area contributed by atoms with Crippen LogP contribution in [0.2, 0.25) is 0 Å². The van der Waals surface area contributed by atoms with E-state index in [0.29, 0.717) is 12.0 Å². The van der Waals surface area contributed by atoms with Crippen molar-refractivity contribution < 1.29 is 4.39 Å². The van der Waals surface area contributed by atoms with E-state index < -0.39 is 0 Å². The number of rotatable bonds is 6. The summed E-state index contributed by atoms with van der Waals surface area (Å²) in [6.45, 7) is 1.58. The summed E-state index contributed by atoms with van der Waals surface area (Å²) in [7, 11) is 0. The van der Waals surface area contributed by atoms with Gasteiger partial charge in [0.05, 0.1) is 6.20 Å². The lowest BCUT2D eigenvalue weighted by Gasteiger charge is -2.46. The van der Waals surface area contributed by atoms with Gasteiger partial charge in [-0.15, -0.1) is 0 Å². The molecular weight excluding hydrogens is 337 g/mol. The molecule has 4 rings (SSSR count). The van der Waals surface area contributed by atoms with E-state index in [9.17, 15) is 4.39 Å². The largest absolute Gasteiger partial charge is 0.313 e. The van der Waals surface area contributed by atoms with Crippen LogP contribution in [0.5, 0.6) is 0 Å². The third-order valence-corrected chi connectivity index (χ3v) is 6.82. The molecule has 1 N–H and O–H groups in total. The zero-order valence-corrected chi connectivity index (χ0v) is 16.1. The lowest BCUT2D eigenvalue weighted by molar-refractivity contribution is 0.107. The van der Waals surface area contributed by atoms with Crippen LogP contribution in [-0.4, -0.2) is 16.5 Å². The molecule has 0 unspecified atom stereocenters. The fraction of sp³-hybridized carbons (Fsp3) is 0.565. The minimum Gasteiger partial charge on any atom is -0.313 e. The van der Waals surface area contributed by atoms with Gasteiger partial charge in [-0.2, -0.15) is 0 Å². The van der Waals surface area contributed by atoms with Gasteiger partial charge in [-0.1, -0.05) is 25.3 Å². The molecule has 0 amide bonds. The Kier molecular flexibility index (Phi) is 5.53. The number of aromatic nitrogens is 2. The van der Waals surface area contributed by atoms with Gasteiger partial charge in [0, 0.05) is 30.0 Å². The molecule has 2 saturated carbocycles. The molecule has 2 aliphatic rings. The molecule has 2 aliphatic carbocycles. The van der Waals surface area contributed by atoms with Gasteiger partial charge in [-0.3, -0.25) is 9.97 Å². The van der Waals surface area contributed by atoms with Gasteiger partial charge in [0.15, 0.2) is 0 Å². The molecule has 0 saturated heterocycles. The van der Waals surface area contributed by atoms with Gasteiger partial charge < -0.3 is 5.32 Å². The van der Waals surface area contributed by atoms with Crippen molar-refractivity contribution in [3.05, 3.63) is 59.9 Å². The maximum Gasteiger partial charge on any atom is 0.141 e. The van der Waals surface area contributed by atoms with Crippen molar-refractivity contribution in [2.45, 2.75) is 69.7 Å². The van der Waals surface area contributed by atoms with E-state index in [0.717, 1.165) is 18.5 Å². The Morgan fingerprint density at radius 2 is 1.89 bits per heavy atom. The first-order chi connectivity index (χ1) is 13.2. The molecule has 2 aromatic heterocycles. The van der Waals surface area contributed by atoms with Crippen molar-refractivity contribution in [2.24, 2.45) is 5.41 Å². The number of halogens is 1. The molecule has 1 atom stereocenters. The molecule has 2 aromatic rings. The zero-order valence-electron chi connectivity index (χ0n) is 16.1. The fourth-order valence-electron chi connectivity index (χ4n) is 5.60. The Hall–Kier alpha value is -1.81. The van der Waals surface area contributed by atoms with Crippen LogP contribution in [0.4, 0.5) is 4.39 Å². The van der Waals surface area contributed by atoms with Crippen molar-refractivity contribution >= 4 is 0 Å². The molecular formula is C23H30FN3. The molecule has 2 fully saturated rings. The highest BCUT2D eigenvalue weighted by molar-refractivity contribution is 5.20. The van der Waals surface area contributed by atoms with E-state index in [1.54, 1.807) is 12.3 Å². The Bertz CT molecular complexity index is 742. The van der Waals surface area contributed by atoms with Crippen LogP contribution < -0.4 is 5.32 Å². The van der Waals surface area contributed by atoms with E-state index in [1.807, 2.05) is 12.3 Å². The van der Waals surface area contributed by atoms with Crippen LogP contribution >= 0.6 is 0 Å². The molecule has 4 heteroatoms. The Balaban J connectivity index is 1.45. The van der Waals surface area contributed by atoms with Crippen molar-refractivity contribution in [1.82, 2.24) is 15.3 Å². The summed E-state index contributed by atoms with van der Waals surface area (Å²) in [5.41, 5.74) is 2.89. The standard InChI is InChI=1S/C23H30FN3/c24-20-14-19(16-26-17-20)15-25-13-11-23(21-6-1-4-12-27-21)10-5-9-22(18-23)7-2-3-8-22/h1,4,6,12,14,16-17,25H,2-3,5,7-11,13,15,18H2/t23-/m0/s1. The third-order valence-electron chi connectivity index (χ3n) is 6.82. The summed E-state index contributed by atoms with van der Waals surface area (Å²) >= 11 is 0. The summed E-state index contributed by atoms with van der Waals surface area (Å²) < 4.78 is 13.3. The van der Waals surface area contributed by atoms with Gasteiger partial charge >= 0.3 is 0 Å². The first-order valence-corrected chi connectivity index (χ1v) is 10.4. The van der Waals surface area contributed by atoms with E-state index in [2.05, 4.69) is 22.4 Å². The van der Waals surface area contributed by atoms with Crippen LogP contribution in [0.15, 0.2) is 42.9 Å². The highest BCUT2D eigenvalue weighted by atomic mass is 19.1. The molecule has 0 bridgehead atoms. The second-order valence-electron chi connectivity index (χ2n) is 8.67. The van der Waals surface area contributed by atoms with Crippen LogP contribution in [-0.2, 0) is 12.0 Å². The molecule has 2 heterocycles. The molecule has 27 heavy (non-hydrogen) atoms. The third kappa shape index (κ3) is 4.21. The summed E-state index contributed by atoms with van der Waals surface area (Å²) in [5.74, 6) is -0.269. The molecule has 0 aliphatic heterocycles. The number of hydrogen-bond donors (Lipinski definition) is 1.